The van der Waals surface area contributed by atoms with Crippen molar-refractivity contribution in [2.75, 3.05) is 7.11 Å². The van der Waals surface area contributed by atoms with Crippen LogP contribution in [-0.4, -0.2) is 23.1 Å². The van der Waals surface area contributed by atoms with Crippen molar-refractivity contribution in [2.24, 2.45) is 5.92 Å². The molecule has 1 saturated carbocycles. The van der Waals surface area contributed by atoms with E-state index in [1.165, 1.54) is 16.7 Å². The summed E-state index contributed by atoms with van der Waals surface area (Å²) in [4.78, 5) is 12.2. The normalized spacial score (nSPS) is 22.2. The van der Waals surface area contributed by atoms with Gasteiger partial charge in [0.25, 0.3) is 0 Å². The molecule has 4 rings (SSSR count). The van der Waals surface area contributed by atoms with Crippen molar-refractivity contribution in [3.05, 3.63) is 64.7 Å². The molecule has 0 bridgehead atoms. The number of aliphatic hydroxyl groups is 1. The van der Waals surface area contributed by atoms with E-state index in [2.05, 4.69) is 30.0 Å². The van der Waals surface area contributed by atoms with Crippen LogP contribution in [0.2, 0.25) is 0 Å². The molecule has 148 valence electrons. The second kappa shape index (κ2) is 9.57. The van der Waals surface area contributed by atoms with E-state index in [0.717, 1.165) is 25.5 Å². The number of benzene rings is 2. The minimum absolute atomic E-state index is 0. The highest BCUT2D eigenvalue weighted by Gasteiger charge is 2.40. The summed E-state index contributed by atoms with van der Waals surface area (Å²) in [7, 11) is 1.00. The Morgan fingerprint density at radius 2 is 1.71 bits per heavy atom. The average Bonchev–Trinajstić information content (AvgIpc) is 2.70. The molecule has 0 radical (unpaired) electrons. The molecule has 2 aliphatic carbocycles. The van der Waals surface area contributed by atoms with E-state index >= 15 is 0 Å². The number of aromatic hydroxyl groups is 1. The summed E-state index contributed by atoms with van der Waals surface area (Å²) < 4.78 is 0. The summed E-state index contributed by atoms with van der Waals surface area (Å²) in [5.74, 6) is 8.00. The molecule has 0 amide bonds. The molecule has 0 spiro atoms. The van der Waals surface area contributed by atoms with Gasteiger partial charge in [-0.05, 0) is 78.5 Å². The molecule has 0 aromatic heterocycles. The van der Waals surface area contributed by atoms with Gasteiger partial charge in [0.05, 0.1) is 0 Å². The van der Waals surface area contributed by atoms with Crippen molar-refractivity contribution >= 4 is 5.78 Å². The highest BCUT2D eigenvalue weighted by atomic mass is 16.3. The van der Waals surface area contributed by atoms with Crippen molar-refractivity contribution in [3.63, 3.8) is 0 Å². The molecule has 2 aromatic carbocycles. The summed E-state index contributed by atoms with van der Waals surface area (Å²) in [5, 5.41) is 16.6. The van der Waals surface area contributed by atoms with E-state index in [9.17, 15) is 9.90 Å². The molecule has 3 unspecified atom stereocenters. The van der Waals surface area contributed by atoms with E-state index < -0.39 is 0 Å². The molecule has 0 saturated heterocycles. The van der Waals surface area contributed by atoms with Crippen LogP contribution in [0.1, 0.15) is 67.7 Å². The summed E-state index contributed by atoms with van der Waals surface area (Å²) in [6, 6.07) is 14.1. The molecule has 2 aromatic rings. The maximum Gasteiger partial charge on any atom is 0.133 e. The van der Waals surface area contributed by atoms with Crippen LogP contribution in [-0.2, 0) is 11.2 Å². The van der Waals surface area contributed by atoms with Gasteiger partial charge in [-0.2, -0.15) is 0 Å². The van der Waals surface area contributed by atoms with Gasteiger partial charge < -0.3 is 10.2 Å². The summed E-state index contributed by atoms with van der Waals surface area (Å²) in [6.07, 6.45) is 3.29. The number of phenols is 1. The first-order valence-corrected chi connectivity index (χ1v) is 9.46. The number of Topliss-reactive ketones (excluding diaryl/α,β-unsaturated/α-hetero) is 1. The zero-order chi connectivity index (χ0) is 19.4. The number of rotatable bonds is 1. The van der Waals surface area contributed by atoms with Crippen molar-refractivity contribution in [3.8, 4) is 17.6 Å². The largest absolute Gasteiger partial charge is 0.508 e. The van der Waals surface area contributed by atoms with Gasteiger partial charge in [-0.15, -0.1) is 5.92 Å². The van der Waals surface area contributed by atoms with Gasteiger partial charge >= 0.3 is 0 Å². The van der Waals surface area contributed by atoms with Gasteiger partial charge in [0.2, 0.25) is 0 Å². The third-order valence-electron chi connectivity index (χ3n) is 5.81. The third-order valence-corrected chi connectivity index (χ3v) is 5.81. The molecule has 0 heterocycles. The Balaban J connectivity index is 0.000000906. The number of hydrogen-bond donors (Lipinski definition) is 2. The van der Waals surface area contributed by atoms with Crippen LogP contribution in [0.25, 0.3) is 0 Å². The lowest BCUT2D eigenvalue weighted by Gasteiger charge is -2.42. The molecule has 0 aliphatic heterocycles. The van der Waals surface area contributed by atoms with Crippen LogP contribution < -0.4 is 0 Å². The number of fused-ring (bicyclic) bond motifs is 3. The van der Waals surface area contributed by atoms with Gasteiger partial charge in [0.15, 0.2) is 0 Å². The predicted octanol–water partition coefficient (Wildman–Crippen LogP) is 4.80. The topological polar surface area (TPSA) is 57.5 Å². The van der Waals surface area contributed by atoms with Crippen LogP contribution in [0.15, 0.2) is 42.5 Å². The maximum absolute atomic E-state index is 12.2. The minimum Gasteiger partial charge on any atom is -0.508 e. The fourth-order valence-electron chi connectivity index (χ4n) is 4.67. The number of phenolic OH excluding ortho intramolecular Hbond substituents is 1. The van der Waals surface area contributed by atoms with Crippen LogP contribution in [0.3, 0.4) is 0 Å². The molecule has 28 heavy (non-hydrogen) atoms. The first-order chi connectivity index (χ1) is 13.2. The molecule has 3 nitrogen and oxygen atoms in total. The van der Waals surface area contributed by atoms with Crippen molar-refractivity contribution in [1.29, 1.82) is 0 Å². The monoisotopic (exact) mass is 378 g/mol. The molecular formula is C25H30O3. The number of ketones is 1. The fourth-order valence-corrected chi connectivity index (χ4v) is 4.67. The van der Waals surface area contributed by atoms with Gasteiger partial charge in [0.1, 0.15) is 11.5 Å². The Morgan fingerprint density at radius 3 is 2.39 bits per heavy atom. The third kappa shape index (κ3) is 4.29. The van der Waals surface area contributed by atoms with E-state index in [-0.39, 0.29) is 7.43 Å². The number of carbonyl (C=O) groups excluding carboxylic acids is 1. The smallest absolute Gasteiger partial charge is 0.133 e. The minimum atomic E-state index is 0. The van der Waals surface area contributed by atoms with Gasteiger partial charge in [-0.1, -0.05) is 31.5 Å². The van der Waals surface area contributed by atoms with Crippen LogP contribution in [0.4, 0.5) is 0 Å². The Bertz CT molecular complexity index is 871. The van der Waals surface area contributed by atoms with Crippen LogP contribution >= 0.6 is 0 Å². The first kappa shape index (κ1) is 21.7. The van der Waals surface area contributed by atoms with Crippen molar-refractivity contribution in [1.82, 2.24) is 0 Å². The fraction of sp³-hybridized carbons (Fsp3) is 0.400. The standard InChI is InChI=1S/C23H22O2.CH4O.CH4/c1-2-3-15-4-5-17-13-22(16-6-8-18(24)9-7-16)20-11-10-19(25)14-23(20)21(17)12-15;1-2;/h4-9,12,20,22-24H,10-11,13-14H2,1H3;2H,1H3;1H4. The average molecular weight is 379 g/mol. The Labute approximate surface area is 168 Å². The van der Waals surface area contributed by atoms with Crippen LogP contribution in [0.5, 0.6) is 5.75 Å². The predicted molar refractivity (Wildman–Crippen MR) is 114 cm³/mol. The lowest BCUT2D eigenvalue weighted by Crippen LogP contribution is -2.33. The number of carbonyl (C=O) groups is 1. The van der Waals surface area contributed by atoms with Gasteiger partial charge in [-0.25, -0.2) is 0 Å². The Kier molecular flexibility index (Phi) is 7.43. The zero-order valence-corrected chi connectivity index (χ0v) is 15.9. The highest BCUT2D eigenvalue weighted by Crippen LogP contribution is 2.50. The van der Waals surface area contributed by atoms with Crippen molar-refractivity contribution < 1.29 is 15.0 Å². The second-order valence-electron chi connectivity index (χ2n) is 7.24. The zero-order valence-electron chi connectivity index (χ0n) is 15.9. The molecule has 1 fully saturated rings. The SMILES string of the molecule is C.CC#Cc1ccc2c(c1)C1CC(=O)CCC1C(c1ccc(O)cc1)C2.CO. The summed E-state index contributed by atoms with van der Waals surface area (Å²) in [5.41, 5.74) is 4.98. The first-order valence-electron chi connectivity index (χ1n) is 9.46. The van der Waals surface area contributed by atoms with E-state index in [4.69, 9.17) is 5.11 Å². The number of aliphatic hydroxyl groups excluding tert-OH is 1. The Morgan fingerprint density at radius 1 is 1.00 bits per heavy atom. The van der Waals surface area contributed by atoms with E-state index in [1.807, 2.05) is 19.1 Å². The highest BCUT2D eigenvalue weighted by molar-refractivity contribution is 5.80. The molecule has 2 N–H and O–H groups in total. The van der Waals surface area contributed by atoms with Crippen LogP contribution in [0, 0.1) is 17.8 Å². The molecule has 3 atom stereocenters. The lowest BCUT2D eigenvalue weighted by molar-refractivity contribution is -0.121. The number of hydrogen-bond acceptors (Lipinski definition) is 3. The molecular weight excluding hydrogens is 348 g/mol. The van der Waals surface area contributed by atoms with Crippen molar-refractivity contribution in [2.45, 2.75) is 51.9 Å². The summed E-state index contributed by atoms with van der Waals surface area (Å²) >= 11 is 0. The van der Waals surface area contributed by atoms with E-state index in [0.29, 0.717) is 42.1 Å². The quantitative estimate of drug-likeness (QED) is 0.701. The second-order valence-corrected chi connectivity index (χ2v) is 7.24. The van der Waals surface area contributed by atoms with Gasteiger partial charge in [0, 0.05) is 25.5 Å². The van der Waals surface area contributed by atoms with Gasteiger partial charge in [-0.3, -0.25) is 4.79 Å². The maximum atomic E-state index is 12.2. The summed E-state index contributed by atoms with van der Waals surface area (Å²) in [6.45, 7) is 1.85. The van der Waals surface area contributed by atoms with E-state index in [1.54, 1.807) is 12.1 Å². The molecule has 3 heteroatoms. The molecule has 2 aliphatic rings. The Hall–Kier alpha value is -2.57. The lowest BCUT2D eigenvalue weighted by atomic mass is 9.61.